The Morgan fingerprint density at radius 2 is 1.76 bits per heavy atom. The highest BCUT2D eigenvalue weighted by Gasteiger charge is 2.19. The maximum Gasteiger partial charge on any atom is 0.245 e. The summed E-state index contributed by atoms with van der Waals surface area (Å²) >= 11 is 0. The number of aliphatic hydroxyl groups excluding tert-OH is 1. The van der Waals surface area contributed by atoms with Crippen LogP contribution in [0.4, 0.5) is 5.95 Å². The largest absolute Gasteiger partial charge is 0.395 e. The van der Waals surface area contributed by atoms with Crippen molar-refractivity contribution in [2.45, 2.75) is 13.8 Å². The molecule has 2 rings (SSSR count). The normalized spacial score (nSPS) is 17.5. The summed E-state index contributed by atoms with van der Waals surface area (Å²) in [4.78, 5) is 8.84. The third-order valence-electron chi connectivity index (χ3n) is 3.15. The molecule has 2 heterocycles. The lowest BCUT2D eigenvalue weighted by molar-refractivity contribution is 0.188. The Morgan fingerprint density at radius 3 is 2.35 bits per heavy atom. The molecule has 1 fully saturated rings. The van der Waals surface area contributed by atoms with Gasteiger partial charge in [0.15, 0.2) is 0 Å². The van der Waals surface area contributed by atoms with Crippen molar-refractivity contribution >= 4 is 5.95 Å². The highest BCUT2D eigenvalue weighted by molar-refractivity contribution is 5.30. The molecule has 17 heavy (non-hydrogen) atoms. The molecule has 6 nitrogen and oxygen atoms in total. The van der Waals surface area contributed by atoms with Crippen molar-refractivity contribution in [3.05, 3.63) is 11.4 Å². The van der Waals surface area contributed by atoms with Crippen LogP contribution in [0, 0.1) is 13.8 Å². The Bertz CT molecular complexity index is 376. The second kappa shape index (κ2) is 5.37. The van der Waals surface area contributed by atoms with Gasteiger partial charge >= 0.3 is 0 Å². The predicted octanol–water partition coefficient (Wildman–Crippen LogP) is -0.397. The fourth-order valence-electron chi connectivity index (χ4n) is 1.89. The average molecular weight is 237 g/mol. The second-order valence-electron chi connectivity index (χ2n) is 4.33. The fourth-order valence-corrected chi connectivity index (χ4v) is 1.89. The van der Waals surface area contributed by atoms with Crippen molar-refractivity contribution in [2.75, 3.05) is 44.2 Å². The monoisotopic (exact) mass is 237 g/mol. The van der Waals surface area contributed by atoms with Crippen molar-refractivity contribution < 1.29 is 5.11 Å². The number of hydrogen-bond donors (Lipinski definition) is 1. The van der Waals surface area contributed by atoms with Crippen LogP contribution in [0.5, 0.6) is 0 Å². The molecule has 0 aliphatic carbocycles. The molecule has 0 saturated carbocycles. The van der Waals surface area contributed by atoms with Gasteiger partial charge in [-0.1, -0.05) is 0 Å². The van der Waals surface area contributed by atoms with Gasteiger partial charge < -0.3 is 10.0 Å². The Morgan fingerprint density at radius 1 is 1.06 bits per heavy atom. The number of β-amino-alcohol motifs (C(OH)–C–C–N with tert-alkyl or cyclic N) is 1. The summed E-state index contributed by atoms with van der Waals surface area (Å²) in [5.41, 5.74) is 1.82. The van der Waals surface area contributed by atoms with Crippen molar-refractivity contribution in [1.29, 1.82) is 0 Å². The average Bonchev–Trinajstić information content (AvgIpc) is 2.34. The van der Waals surface area contributed by atoms with Crippen molar-refractivity contribution in [2.24, 2.45) is 0 Å². The Kier molecular flexibility index (Phi) is 3.86. The molecule has 0 spiro atoms. The van der Waals surface area contributed by atoms with Crippen LogP contribution in [0.2, 0.25) is 0 Å². The van der Waals surface area contributed by atoms with Crippen LogP contribution in [0.25, 0.3) is 0 Å². The number of aromatic nitrogens is 3. The number of rotatable bonds is 3. The van der Waals surface area contributed by atoms with E-state index in [4.69, 9.17) is 5.11 Å². The third kappa shape index (κ3) is 2.89. The molecule has 0 unspecified atom stereocenters. The van der Waals surface area contributed by atoms with E-state index in [1.165, 1.54) is 0 Å². The molecule has 0 atom stereocenters. The molecule has 1 aliphatic rings. The summed E-state index contributed by atoms with van der Waals surface area (Å²) in [6.07, 6.45) is 0. The summed E-state index contributed by atoms with van der Waals surface area (Å²) in [6.45, 7) is 8.51. The van der Waals surface area contributed by atoms with Crippen molar-refractivity contribution in [1.82, 2.24) is 20.1 Å². The van der Waals surface area contributed by atoms with Gasteiger partial charge in [0.2, 0.25) is 5.95 Å². The Hall–Kier alpha value is -1.27. The minimum absolute atomic E-state index is 0.224. The van der Waals surface area contributed by atoms with Crippen molar-refractivity contribution in [3.8, 4) is 0 Å². The van der Waals surface area contributed by atoms with Gasteiger partial charge in [0.1, 0.15) is 0 Å². The maximum atomic E-state index is 8.88. The van der Waals surface area contributed by atoms with Gasteiger partial charge in [0.05, 0.1) is 18.0 Å². The number of anilines is 1. The van der Waals surface area contributed by atoms with E-state index in [0.717, 1.165) is 50.1 Å². The lowest BCUT2D eigenvalue weighted by Gasteiger charge is -2.34. The number of nitrogens with zero attached hydrogens (tertiary/aromatic N) is 5. The van der Waals surface area contributed by atoms with E-state index >= 15 is 0 Å². The van der Waals surface area contributed by atoms with Gasteiger partial charge in [-0.05, 0) is 13.8 Å². The molecule has 0 bridgehead atoms. The number of piperazine rings is 1. The third-order valence-corrected chi connectivity index (χ3v) is 3.15. The first-order valence-electron chi connectivity index (χ1n) is 5.97. The summed E-state index contributed by atoms with van der Waals surface area (Å²) in [5, 5.41) is 17.1. The Labute approximate surface area is 101 Å². The first-order valence-corrected chi connectivity index (χ1v) is 5.97. The fraction of sp³-hybridized carbons (Fsp3) is 0.727. The summed E-state index contributed by atoms with van der Waals surface area (Å²) < 4.78 is 0. The molecule has 1 aliphatic heterocycles. The van der Waals surface area contributed by atoms with Gasteiger partial charge in [-0.2, -0.15) is 5.10 Å². The molecule has 0 aromatic carbocycles. The van der Waals surface area contributed by atoms with E-state index in [0.29, 0.717) is 0 Å². The highest BCUT2D eigenvalue weighted by atomic mass is 16.3. The quantitative estimate of drug-likeness (QED) is 0.772. The molecule has 0 amide bonds. The maximum absolute atomic E-state index is 8.88. The SMILES string of the molecule is Cc1nnc(N2CCN(CCO)CC2)nc1C. The topological polar surface area (TPSA) is 65.4 Å². The van der Waals surface area contributed by atoms with E-state index in [2.05, 4.69) is 25.0 Å². The van der Waals surface area contributed by atoms with Crippen LogP contribution >= 0.6 is 0 Å². The van der Waals surface area contributed by atoms with Crippen LogP contribution in [-0.2, 0) is 0 Å². The molecular formula is C11H19N5O. The molecule has 0 radical (unpaired) electrons. The van der Waals surface area contributed by atoms with Crippen LogP contribution in [0.1, 0.15) is 11.4 Å². The van der Waals surface area contributed by atoms with Crippen LogP contribution in [0.15, 0.2) is 0 Å². The second-order valence-corrected chi connectivity index (χ2v) is 4.33. The zero-order chi connectivity index (χ0) is 12.3. The van der Waals surface area contributed by atoms with Crippen LogP contribution in [0.3, 0.4) is 0 Å². The van der Waals surface area contributed by atoms with Gasteiger partial charge in [-0.25, -0.2) is 4.98 Å². The molecule has 6 heteroatoms. The zero-order valence-electron chi connectivity index (χ0n) is 10.4. The standard InChI is InChI=1S/C11H19N5O/c1-9-10(2)13-14-11(12-9)16-5-3-15(4-6-16)7-8-17/h17H,3-8H2,1-2H3. The van der Waals surface area contributed by atoms with E-state index in [9.17, 15) is 0 Å². The molecule has 1 saturated heterocycles. The zero-order valence-corrected chi connectivity index (χ0v) is 10.4. The summed E-state index contributed by atoms with van der Waals surface area (Å²) in [5.74, 6) is 0.719. The number of aliphatic hydroxyl groups is 1. The van der Waals surface area contributed by atoms with E-state index < -0.39 is 0 Å². The first-order chi connectivity index (χ1) is 8.20. The van der Waals surface area contributed by atoms with Gasteiger partial charge in [-0.3, -0.25) is 4.90 Å². The molecule has 1 aromatic rings. The van der Waals surface area contributed by atoms with Crippen LogP contribution in [-0.4, -0.2) is 64.5 Å². The van der Waals surface area contributed by atoms with Gasteiger partial charge in [0.25, 0.3) is 0 Å². The van der Waals surface area contributed by atoms with Crippen LogP contribution < -0.4 is 4.90 Å². The molecular weight excluding hydrogens is 218 g/mol. The molecule has 94 valence electrons. The highest BCUT2D eigenvalue weighted by Crippen LogP contribution is 2.11. The van der Waals surface area contributed by atoms with E-state index in [-0.39, 0.29) is 6.61 Å². The number of hydrogen-bond acceptors (Lipinski definition) is 6. The number of aryl methyl sites for hydroxylation is 2. The lowest BCUT2D eigenvalue weighted by Crippen LogP contribution is -2.47. The summed E-state index contributed by atoms with van der Waals surface area (Å²) in [7, 11) is 0. The minimum atomic E-state index is 0.224. The Balaban J connectivity index is 1.98. The molecule has 1 aromatic heterocycles. The van der Waals surface area contributed by atoms with E-state index in [1.807, 2.05) is 13.8 Å². The molecule has 1 N–H and O–H groups in total. The van der Waals surface area contributed by atoms with E-state index in [1.54, 1.807) is 0 Å². The van der Waals surface area contributed by atoms with Gasteiger partial charge in [-0.15, -0.1) is 5.10 Å². The summed E-state index contributed by atoms with van der Waals surface area (Å²) in [6, 6.07) is 0. The lowest BCUT2D eigenvalue weighted by atomic mass is 10.3. The van der Waals surface area contributed by atoms with Crippen molar-refractivity contribution in [3.63, 3.8) is 0 Å². The smallest absolute Gasteiger partial charge is 0.245 e. The van der Waals surface area contributed by atoms with Gasteiger partial charge in [0, 0.05) is 32.7 Å². The predicted molar refractivity (Wildman–Crippen MR) is 65.0 cm³/mol. The first kappa shape index (κ1) is 12.2. The minimum Gasteiger partial charge on any atom is -0.395 e.